The highest BCUT2D eigenvalue weighted by molar-refractivity contribution is 7.79. The third-order valence-electron chi connectivity index (χ3n) is 3.73. The summed E-state index contributed by atoms with van der Waals surface area (Å²) in [6, 6.07) is 8.62. The van der Waals surface area contributed by atoms with Crippen molar-refractivity contribution in [3.05, 3.63) is 35.9 Å². The van der Waals surface area contributed by atoms with E-state index in [2.05, 4.69) is 10.5 Å². The molecule has 0 aliphatic carbocycles. The third-order valence-corrected chi connectivity index (χ3v) is 5.21. The summed E-state index contributed by atoms with van der Waals surface area (Å²) >= 11 is 0. The first-order chi connectivity index (χ1) is 9.89. The molecular weight excluding hydrogens is 289 g/mol. The average Bonchev–Trinajstić information content (AvgIpc) is 2.96. The van der Waals surface area contributed by atoms with Crippen LogP contribution in [0.25, 0.3) is 0 Å². The predicted molar refractivity (Wildman–Crippen MR) is 79.3 cm³/mol. The Morgan fingerprint density at radius 3 is 2.48 bits per heavy atom. The molecule has 3 rings (SSSR count). The van der Waals surface area contributed by atoms with Gasteiger partial charge < -0.3 is 4.57 Å². The van der Waals surface area contributed by atoms with Gasteiger partial charge in [-0.2, -0.15) is 5.10 Å². The summed E-state index contributed by atoms with van der Waals surface area (Å²) in [5, 5.41) is 3.97. The van der Waals surface area contributed by atoms with Gasteiger partial charge in [-0.15, -0.1) is 0 Å². The lowest BCUT2D eigenvalue weighted by molar-refractivity contribution is -0.140. The molecule has 2 aliphatic heterocycles. The summed E-state index contributed by atoms with van der Waals surface area (Å²) in [7, 11) is -2.67. The Balaban J connectivity index is 1.87. The molecule has 6 nitrogen and oxygen atoms in total. The number of amides is 2. The largest absolute Gasteiger partial charge is 0.318 e. The monoisotopic (exact) mass is 305 g/mol. The van der Waals surface area contributed by atoms with E-state index in [0.717, 1.165) is 5.56 Å². The molecule has 0 unspecified atom stereocenters. The molecule has 0 bridgehead atoms. The summed E-state index contributed by atoms with van der Waals surface area (Å²) < 4.78 is 12.2. The van der Waals surface area contributed by atoms with E-state index in [1.807, 2.05) is 30.3 Å². The van der Waals surface area contributed by atoms with E-state index in [-0.39, 0.29) is 18.4 Å². The minimum Gasteiger partial charge on any atom is -0.318 e. The van der Waals surface area contributed by atoms with E-state index >= 15 is 0 Å². The fraction of sp³-hybridized carbons (Fsp3) is 0.357. The molecule has 2 atom stereocenters. The number of hydrogen-bond donors (Lipinski definition) is 1. The third kappa shape index (κ3) is 2.29. The highest BCUT2D eigenvalue weighted by Gasteiger charge is 2.55. The van der Waals surface area contributed by atoms with Crippen molar-refractivity contribution in [3.63, 3.8) is 0 Å². The van der Waals surface area contributed by atoms with Crippen molar-refractivity contribution in [1.82, 2.24) is 10.3 Å². The Bertz CT molecular complexity index is 680. The first-order valence-corrected chi connectivity index (χ1v) is 9.27. The summed E-state index contributed by atoms with van der Waals surface area (Å²) in [5.41, 5.74) is 3.88. The average molecular weight is 305 g/mol. The number of hydrogen-bond acceptors (Lipinski definition) is 5. The number of likely N-dealkylation sites (tertiary alicyclic amines) is 1. The first-order valence-electron chi connectivity index (χ1n) is 6.67. The van der Waals surface area contributed by atoms with Crippen LogP contribution in [0, 0.1) is 5.92 Å². The molecule has 1 aromatic rings. The lowest BCUT2D eigenvalue weighted by Crippen LogP contribution is -2.35. The van der Waals surface area contributed by atoms with Crippen molar-refractivity contribution in [1.29, 1.82) is 0 Å². The zero-order valence-corrected chi connectivity index (χ0v) is 12.7. The van der Waals surface area contributed by atoms with Crippen LogP contribution in [0.5, 0.6) is 0 Å². The normalized spacial score (nSPS) is 24.9. The van der Waals surface area contributed by atoms with Crippen LogP contribution >= 0.6 is 7.14 Å². The van der Waals surface area contributed by atoms with E-state index < -0.39 is 19.1 Å². The molecule has 7 heteroatoms. The van der Waals surface area contributed by atoms with Gasteiger partial charge in [-0.1, -0.05) is 30.3 Å². The first kappa shape index (κ1) is 14.0. The fourth-order valence-electron chi connectivity index (χ4n) is 2.70. The molecule has 1 N–H and O–H groups in total. The van der Waals surface area contributed by atoms with Crippen LogP contribution in [0.4, 0.5) is 0 Å². The Labute approximate surface area is 122 Å². The molecule has 2 aliphatic rings. The maximum Gasteiger partial charge on any atom is 0.254 e. The number of rotatable bonds is 3. The summed E-state index contributed by atoms with van der Waals surface area (Å²) in [5.74, 6) is -1.34. The highest BCUT2D eigenvalue weighted by Crippen LogP contribution is 2.46. The number of fused-ring (bicyclic) bond motifs is 1. The van der Waals surface area contributed by atoms with Gasteiger partial charge >= 0.3 is 0 Å². The summed E-state index contributed by atoms with van der Waals surface area (Å²) in [6.07, 6.45) is 0. The predicted octanol–water partition coefficient (Wildman–Crippen LogP) is 1.08. The molecule has 2 amide bonds. The van der Waals surface area contributed by atoms with E-state index in [1.165, 1.54) is 4.90 Å². The van der Waals surface area contributed by atoms with Gasteiger partial charge in [0.2, 0.25) is 5.91 Å². The van der Waals surface area contributed by atoms with Crippen LogP contribution in [0.15, 0.2) is 35.4 Å². The second kappa shape index (κ2) is 4.81. The van der Waals surface area contributed by atoms with Gasteiger partial charge in [-0.05, 0) is 18.9 Å². The quantitative estimate of drug-likeness (QED) is 0.669. The summed E-state index contributed by atoms with van der Waals surface area (Å²) in [4.78, 5) is 26.1. The van der Waals surface area contributed by atoms with Gasteiger partial charge in [-0.25, -0.2) is 0 Å². The van der Waals surface area contributed by atoms with Gasteiger partial charge in [0.25, 0.3) is 5.91 Å². The molecule has 1 saturated heterocycles. The Morgan fingerprint density at radius 1 is 1.19 bits per heavy atom. The maximum atomic E-state index is 12.5. The lowest BCUT2D eigenvalue weighted by atomic mass is 10.1. The van der Waals surface area contributed by atoms with E-state index in [0.29, 0.717) is 5.45 Å². The van der Waals surface area contributed by atoms with Crippen molar-refractivity contribution in [2.75, 3.05) is 13.3 Å². The van der Waals surface area contributed by atoms with Crippen LogP contribution < -0.4 is 5.43 Å². The fourth-order valence-corrected chi connectivity index (χ4v) is 3.93. The van der Waals surface area contributed by atoms with E-state index in [1.54, 1.807) is 13.3 Å². The lowest BCUT2D eigenvalue weighted by Gasteiger charge is -2.16. The molecule has 0 aromatic heterocycles. The van der Waals surface area contributed by atoms with Crippen molar-refractivity contribution < 1.29 is 14.2 Å². The number of benzene rings is 1. The van der Waals surface area contributed by atoms with Gasteiger partial charge in [0.1, 0.15) is 24.6 Å². The van der Waals surface area contributed by atoms with E-state index in [4.69, 9.17) is 0 Å². The van der Waals surface area contributed by atoms with Gasteiger partial charge in [0.15, 0.2) is 0 Å². The van der Waals surface area contributed by atoms with Crippen LogP contribution in [0.1, 0.15) is 5.56 Å². The number of nitrogens with zero attached hydrogens (tertiary/aromatic N) is 2. The Kier molecular flexibility index (Phi) is 3.21. The second-order valence-corrected chi connectivity index (χ2v) is 8.81. The number of carbonyl (C=O) groups is 2. The van der Waals surface area contributed by atoms with E-state index in [9.17, 15) is 14.2 Å². The van der Waals surface area contributed by atoms with Crippen molar-refractivity contribution in [3.8, 4) is 0 Å². The van der Waals surface area contributed by atoms with Crippen LogP contribution in [0.3, 0.4) is 0 Å². The molecule has 21 heavy (non-hydrogen) atoms. The van der Waals surface area contributed by atoms with Crippen LogP contribution in [-0.2, 0) is 20.7 Å². The zero-order valence-electron chi connectivity index (χ0n) is 11.8. The number of nitrogens with one attached hydrogen (secondary N) is 1. The smallest absolute Gasteiger partial charge is 0.254 e. The minimum absolute atomic E-state index is 0.234. The minimum atomic E-state index is -2.67. The highest BCUT2D eigenvalue weighted by atomic mass is 31.2. The SMILES string of the molecule is CP(C)(=O)C1=NN[C@H]2C(=O)N(Cc3ccccc3)C(=O)[C@@H]12. The Morgan fingerprint density at radius 2 is 1.86 bits per heavy atom. The standard InChI is InChI=1S/C14H16N3O3P/c1-21(2,20)12-10-11(15-16-12)14(19)17(13(10)18)8-9-6-4-3-5-7-9/h3-7,10-11,15H,8H2,1-2H3/t10-,11-/m1/s1. The second-order valence-electron chi connectivity index (χ2n) is 5.65. The number of carbonyl (C=O) groups excluding carboxylic acids is 2. The maximum absolute atomic E-state index is 12.5. The van der Waals surface area contributed by atoms with Gasteiger partial charge in [0, 0.05) is 0 Å². The molecule has 0 saturated carbocycles. The zero-order chi connectivity index (χ0) is 15.2. The molecule has 2 heterocycles. The number of hydrazone groups is 1. The number of imide groups is 1. The Hall–Kier alpha value is -1.94. The van der Waals surface area contributed by atoms with Crippen molar-refractivity contribution in [2.45, 2.75) is 12.6 Å². The molecule has 1 fully saturated rings. The van der Waals surface area contributed by atoms with Crippen molar-refractivity contribution in [2.24, 2.45) is 11.0 Å². The van der Waals surface area contributed by atoms with Crippen LogP contribution in [-0.4, -0.2) is 41.5 Å². The molecule has 0 spiro atoms. The van der Waals surface area contributed by atoms with Crippen LogP contribution in [0.2, 0.25) is 0 Å². The molecular formula is C14H16N3O3P. The summed E-state index contributed by atoms with van der Waals surface area (Å²) in [6.45, 7) is 3.36. The molecule has 1 aromatic carbocycles. The van der Waals surface area contributed by atoms with Gasteiger partial charge in [0.05, 0.1) is 6.54 Å². The topological polar surface area (TPSA) is 78.8 Å². The molecule has 110 valence electrons. The van der Waals surface area contributed by atoms with Crippen molar-refractivity contribution >= 4 is 24.4 Å². The van der Waals surface area contributed by atoms with Gasteiger partial charge in [-0.3, -0.25) is 19.9 Å². The molecule has 0 radical (unpaired) electrons.